The van der Waals surface area contributed by atoms with Crippen LogP contribution in [0.15, 0.2) is 29.3 Å². The summed E-state index contributed by atoms with van der Waals surface area (Å²) < 4.78 is 0. The molecular weight excluding hydrogens is 166 g/mol. The van der Waals surface area contributed by atoms with E-state index < -0.39 is 0 Å². The fourth-order valence-corrected chi connectivity index (χ4v) is 1.16. The Morgan fingerprint density at radius 2 is 2.23 bits per heavy atom. The Kier molecular flexibility index (Phi) is 1.57. The molecule has 2 aromatic rings. The van der Waals surface area contributed by atoms with Crippen molar-refractivity contribution in [3.8, 4) is 6.07 Å². The molecule has 1 N–H and O–H groups in total. The van der Waals surface area contributed by atoms with Crippen molar-refractivity contribution in [1.82, 2.24) is 9.97 Å². The van der Waals surface area contributed by atoms with Crippen molar-refractivity contribution < 1.29 is 0 Å². The molecule has 62 valence electrons. The van der Waals surface area contributed by atoms with Crippen LogP contribution in [-0.2, 0) is 0 Å². The Balaban J connectivity index is 2.97. The molecule has 0 saturated heterocycles. The van der Waals surface area contributed by atoms with Crippen LogP contribution in [-0.4, -0.2) is 9.97 Å². The summed E-state index contributed by atoms with van der Waals surface area (Å²) in [6, 6.07) is 5.01. The van der Waals surface area contributed by atoms with Crippen LogP contribution in [0.25, 0.3) is 10.9 Å². The Morgan fingerprint density at radius 3 is 3.00 bits per heavy atom. The van der Waals surface area contributed by atoms with Gasteiger partial charge in [-0.2, -0.15) is 5.26 Å². The van der Waals surface area contributed by atoms with Gasteiger partial charge < -0.3 is 4.98 Å². The average molecular weight is 171 g/mol. The Bertz CT molecular complexity index is 551. The van der Waals surface area contributed by atoms with E-state index in [1.54, 1.807) is 12.3 Å². The predicted octanol–water partition coefficient (Wildman–Crippen LogP) is 0.795. The van der Waals surface area contributed by atoms with Gasteiger partial charge in [0.2, 0.25) is 5.56 Å². The lowest BCUT2D eigenvalue weighted by atomic mass is 10.2. The minimum Gasteiger partial charge on any atom is -0.321 e. The van der Waals surface area contributed by atoms with Crippen molar-refractivity contribution in [2.45, 2.75) is 0 Å². The summed E-state index contributed by atoms with van der Waals surface area (Å²) >= 11 is 0. The topological polar surface area (TPSA) is 69.5 Å². The molecule has 0 aromatic carbocycles. The number of hydrogen-bond donors (Lipinski definition) is 1. The molecule has 0 saturated carbocycles. The summed E-state index contributed by atoms with van der Waals surface area (Å²) in [5, 5.41) is 9.48. The highest BCUT2D eigenvalue weighted by Crippen LogP contribution is 2.10. The van der Waals surface area contributed by atoms with E-state index >= 15 is 0 Å². The zero-order chi connectivity index (χ0) is 9.26. The largest absolute Gasteiger partial charge is 0.321 e. The summed E-state index contributed by atoms with van der Waals surface area (Å²) in [5.41, 5.74) is 0.718. The zero-order valence-electron chi connectivity index (χ0n) is 6.61. The first-order valence-corrected chi connectivity index (χ1v) is 3.68. The fourth-order valence-electron chi connectivity index (χ4n) is 1.16. The molecule has 0 unspecified atom stereocenters. The molecule has 0 fully saturated rings. The van der Waals surface area contributed by atoms with E-state index in [0.717, 1.165) is 5.39 Å². The highest BCUT2D eigenvalue weighted by atomic mass is 16.1. The van der Waals surface area contributed by atoms with E-state index in [9.17, 15) is 4.79 Å². The van der Waals surface area contributed by atoms with Gasteiger partial charge in [0.15, 0.2) is 0 Å². The number of hydrogen-bond acceptors (Lipinski definition) is 3. The zero-order valence-corrected chi connectivity index (χ0v) is 6.61. The first-order valence-electron chi connectivity index (χ1n) is 3.68. The van der Waals surface area contributed by atoms with Crippen LogP contribution in [0.1, 0.15) is 5.56 Å². The summed E-state index contributed by atoms with van der Waals surface area (Å²) in [6.07, 6.45) is 3.03. The van der Waals surface area contributed by atoms with Crippen LogP contribution >= 0.6 is 0 Å². The molecule has 0 amide bonds. The van der Waals surface area contributed by atoms with E-state index in [1.165, 1.54) is 12.3 Å². The van der Waals surface area contributed by atoms with E-state index in [0.29, 0.717) is 11.1 Å². The first-order chi connectivity index (χ1) is 6.31. The molecule has 0 aliphatic heterocycles. The smallest absolute Gasteiger partial charge is 0.248 e. The number of H-pyrrole nitrogens is 1. The molecule has 0 radical (unpaired) electrons. The third kappa shape index (κ3) is 1.16. The lowest BCUT2D eigenvalue weighted by Gasteiger charge is -1.96. The maximum atomic E-state index is 11.0. The Hall–Kier alpha value is -2.15. The molecular formula is C9H5N3O. The standard InChI is InChI=1S/C9H5N3O/c10-3-7-5-11-4-6-1-2-8(13)12-9(6)7/h1-2,4-5H,(H,12,13). The molecule has 2 aromatic heterocycles. The summed E-state index contributed by atoms with van der Waals surface area (Å²) in [4.78, 5) is 17.4. The molecule has 4 nitrogen and oxygen atoms in total. The molecule has 2 rings (SSSR count). The van der Waals surface area contributed by atoms with Crippen molar-refractivity contribution in [2.24, 2.45) is 0 Å². The van der Waals surface area contributed by atoms with Gasteiger partial charge in [0.25, 0.3) is 0 Å². The monoisotopic (exact) mass is 171 g/mol. The van der Waals surface area contributed by atoms with Crippen LogP contribution in [0.4, 0.5) is 0 Å². The average Bonchev–Trinajstić information content (AvgIpc) is 2.17. The number of nitrogens with one attached hydrogen (secondary N) is 1. The summed E-state index contributed by atoms with van der Waals surface area (Å²) in [6.45, 7) is 0. The minimum atomic E-state index is -0.213. The number of nitriles is 1. The third-order valence-corrected chi connectivity index (χ3v) is 1.76. The van der Waals surface area contributed by atoms with Crippen LogP contribution < -0.4 is 5.56 Å². The lowest BCUT2D eigenvalue weighted by Crippen LogP contribution is -2.03. The molecule has 13 heavy (non-hydrogen) atoms. The van der Waals surface area contributed by atoms with E-state index in [4.69, 9.17) is 5.26 Å². The third-order valence-electron chi connectivity index (χ3n) is 1.76. The van der Waals surface area contributed by atoms with Gasteiger partial charge in [-0.3, -0.25) is 9.78 Å². The minimum absolute atomic E-state index is 0.213. The van der Waals surface area contributed by atoms with Gasteiger partial charge >= 0.3 is 0 Å². The van der Waals surface area contributed by atoms with Crippen molar-refractivity contribution in [3.05, 3.63) is 40.4 Å². The lowest BCUT2D eigenvalue weighted by molar-refractivity contribution is 1.26. The molecule has 0 aliphatic carbocycles. The number of aromatic amines is 1. The molecule has 0 aliphatic rings. The number of fused-ring (bicyclic) bond motifs is 1. The first kappa shape index (κ1) is 7.50. The van der Waals surface area contributed by atoms with Crippen molar-refractivity contribution >= 4 is 10.9 Å². The van der Waals surface area contributed by atoms with Crippen LogP contribution in [0.5, 0.6) is 0 Å². The molecule has 2 heterocycles. The quantitative estimate of drug-likeness (QED) is 0.637. The Labute approximate surface area is 73.5 Å². The summed E-state index contributed by atoms with van der Waals surface area (Å²) in [7, 11) is 0. The van der Waals surface area contributed by atoms with Crippen molar-refractivity contribution in [1.29, 1.82) is 5.26 Å². The van der Waals surface area contributed by atoms with Gasteiger partial charge in [-0.1, -0.05) is 0 Å². The molecule has 0 bridgehead atoms. The predicted molar refractivity (Wildman–Crippen MR) is 47.1 cm³/mol. The van der Waals surface area contributed by atoms with Crippen LogP contribution in [0.2, 0.25) is 0 Å². The highest BCUT2D eigenvalue weighted by molar-refractivity contribution is 5.82. The molecule has 0 atom stereocenters. The van der Waals surface area contributed by atoms with Gasteiger partial charge in [0, 0.05) is 23.8 Å². The van der Waals surface area contributed by atoms with Gasteiger partial charge in [-0.05, 0) is 6.07 Å². The molecule has 4 heteroatoms. The Morgan fingerprint density at radius 1 is 1.38 bits per heavy atom. The van der Waals surface area contributed by atoms with E-state index in [2.05, 4.69) is 9.97 Å². The number of aromatic nitrogens is 2. The molecule has 0 spiro atoms. The second kappa shape index (κ2) is 2.72. The maximum Gasteiger partial charge on any atom is 0.248 e. The summed E-state index contributed by atoms with van der Waals surface area (Å²) in [5.74, 6) is 0. The number of rotatable bonds is 0. The normalized spacial score (nSPS) is 9.77. The maximum absolute atomic E-state index is 11.0. The SMILES string of the molecule is N#Cc1cncc2ccc(=O)[nH]c12. The van der Waals surface area contributed by atoms with Gasteiger partial charge in [0.1, 0.15) is 6.07 Å². The van der Waals surface area contributed by atoms with Crippen LogP contribution in [0, 0.1) is 11.3 Å². The van der Waals surface area contributed by atoms with Crippen molar-refractivity contribution in [2.75, 3.05) is 0 Å². The van der Waals surface area contributed by atoms with E-state index in [1.807, 2.05) is 6.07 Å². The fraction of sp³-hybridized carbons (Fsp3) is 0. The van der Waals surface area contributed by atoms with Crippen LogP contribution in [0.3, 0.4) is 0 Å². The van der Waals surface area contributed by atoms with E-state index in [-0.39, 0.29) is 5.56 Å². The highest BCUT2D eigenvalue weighted by Gasteiger charge is 2.00. The second-order valence-corrected chi connectivity index (χ2v) is 2.59. The van der Waals surface area contributed by atoms with Gasteiger partial charge in [0.05, 0.1) is 11.1 Å². The number of pyridine rings is 2. The van der Waals surface area contributed by atoms with Crippen molar-refractivity contribution in [3.63, 3.8) is 0 Å². The second-order valence-electron chi connectivity index (χ2n) is 2.59. The number of nitrogens with zero attached hydrogens (tertiary/aromatic N) is 2. The van der Waals surface area contributed by atoms with Gasteiger partial charge in [-0.25, -0.2) is 0 Å². The van der Waals surface area contributed by atoms with Gasteiger partial charge in [-0.15, -0.1) is 0 Å².